The van der Waals surface area contributed by atoms with E-state index in [0.717, 1.165) is 49.4 Å². The molecule has 0 saturated carbocycles. The van der Waals surface area contributed by atoms with E-state index in [2.05, 4.69) is 50.9 Å². The lowest BCUT2D eigenvalue weighted by Gasteiger charge is -2.35. The Bertz CT molecular complexity index is 732. The van der Waals surface area contributed by atoms with Crippen LogP contribution in [0.15, 0.2) is 59.6 Å². The molecule has 144 valence electrons. The van der Waals surface area contributed by atoms with Gasteiger partial charge in [-0.2, -0.15) is 0 Å². The van der Waals surface area contributed by atoms with Gasteiger partial charge in [-0.05, 0) is 23.3 Å². The molecule has 6 heteroatoms. The van der Waals surface area contributed by atoms with Gasteiger partial charge in [-0.15, -0.1) is 0 Å². The van der Waals surface area contributed by atoms with Gasteiger partial charge in [0.05, 0.1) is 19.3 Å². The van der Waals surface area contributed by atoms with Crippen molar-refractivity contribution >= 4 is 17.6 Å². The number of halogens is 1. The quantitative estimate of drug-likeness (QED) is 0.591. The highest BCUT2D eigenvalue weighted by atomic mass is 35.5. The highest BCUT2D eigenvalue weighted by Crippen LogP contribution is 2.21. The predicted molar refractivity (Wildman–Crippen MR) is 111 cm³/mol. The highest BCUT2D eigenvalue weighted by molar-refractivity contribution is 6.30. The second-order valence-corrected chi connectivity index (χ2v) is 6.95. The van der Waals surface area contributed by atoms with E-state index in [1.54, 1.807) is 7.05 Å². The van der Waals surface area contributed by atoms with Crippen LogP contribution in [0.2, 0.25) is 5.02 Å². The van der Waals surface area contributed by atoms with Crippen molar-refractivity contribution in [2.45, 2.75) is 12.6 Å². The number of nitrogens with one attached hydrogen (secondary N) is 2. The third-order valence-corrected chi connectivity index (χ3v) is 4.94. The predicted octanol–water partition coefficient (Wildman–Crippen LogP) is 3.08. The summed E-state index contributed by atoms with van der Waals surface area (Å²) in [7, 11) is 1.79. The monoisotopic (exact) mass is 386 g/mol. The van der Waals surface area contributed by atoms with E-state index in [-0.39, 0.29) is 6.04 Å². The summed E-state index contributed by atoms with van der Waals surface area (Å²) in [6, 6.07) is 18.7. The summed E-state index contributed by atoms with van der Waals surface area (Å²) in [5, 5.41) is 7.58. The molecule has 5 nitrogen and oxygen atoms in total. The molecule has 1 unspecified atom stereocenters. The molecule has 27 heavy (non-hydrogen) atoms. The second kappa shape index (κ2) is 10.3. The number of aliphatic imine (C=N–C) groups is 1. The van der Waals surface area contributed by atoms with Crippen LogP contribution in [0, 0.1) is 0 Å². The average Bonchev–Trinajstić information content (AvgIpc) is 2.72. The van der Waals surface area contributed by atoms with E-state index in [1.165, 1.54) is 5.56 Å². The first-order chi connectivity index (χ1) is 13.3. The van der Waals surface area contributed by atoms with Crippen molar-refractivity contribution < 1.29 is 4.74 Å². The largest absolute Gasteiger partial charge is 0.379 e. The maximum atomic E-state index is 6.06. The molecule has 0 spiro atoms. The van der Waals surface area contributed by atoms with Crippen molar-refractivity contribution in [1.82, 2.24) is 15.5 Å². The Hall–Kier alpha value is -2.08. The van der Waals surface area contributed by atoms with E-state index < -0.39 is 0 Å². The molecular formula is C21H27ClN4O. The van der Waals surface area contributed by atoms with Crippen LogP contribution >= 0.6 is 11.6 Å². The number of morpholine rings is 1. The molecule has 0 aliphatic carbocycles. The summed E-state index contributed by atoms with van der Waals surface area (Å²) in [4.78, 5) is 6.82. The van der Waals surface area contributed by atoms with Gasteiger partial charge in [-0.3, -0.25) is 9.89 Å². The first kappa shape index (κ1) is 19.7. The van der Waals surface area contributed by atoms with Crippen molar-refractivity contribution in [3.8, 4) is 0 Å². The van der Waals surface area contributed by atoms with Gasteiger partial charge in [-0.25, -0.2) is 0 Å². The van der Waals surface area contributed by atoms with Crippen molar-refractivity contribution in [1.29, 1.82) is 0 Å². The molecule has 0 aromatic heterocycles. The minimum Gasteiger partial charge on any atom is -0.379 e. The molecule has 2 aromatic rings. The van der Waals surface area contributed by atoms with Crippen molar-refractivity contribution in [2.24, 2.45) is 4.99 Å². The summed E-state index contributed by atoms with van der Waals surface area (Å²) in [5.41, 5.74) is 2.43. The molecule has 0 radical (unpaired) electrons. The Balaban J connectivity index is 1.60. The van der Waals surface area contributed by atoms with Gasteiger partial charge in [0.15, 0.2) is 5.96 Å². The zero-order valence-corrected chi connectivity index (χ0v) is 16.5. The van der Waals surface area contributed by atoms with Crippen LogP contribution in [0.3, 0.4) is 0 Å². The number of nitrogens with zero attached hydrogens (tertiary/aromatic N) is 2. The summed E-state index contributed by atoms with van der Waals surface area (Å²) in [5.74, 6) is 0.782. The van der Waals surface area contributed by atoms with Gasteiger partial charge >= 0.3 is 0 Å². The Morgan fingerprint density at radius 2 is 1.89 bits per heavy atom. The van der Waals surface area contributed by atoms with Crippen LogP contribution in [0.5, 0.6) is 0 Å². The molecule has 1 atom stereocenters. The van der Waals surface area contributed by atoms with Gasteiger partial charge in [0.2, 0.25) is 0 Å². The van der Waals surface area contributed by atoms with Crippen LogP contribution in [0.25, 0.3) is 0 Å². The van der Waals surface area contributed by atoms with Gasteiger partial charge in [0, 0.05) is 38.2 Å². The number of hydrogen-bond donors (Lipinski definition) is 2. The third kappa shape index (κ3) is 5.96. The Kier molecular flexibility index (Phi) is 7.51. The van der Waals surface area contributed by atoms with Gasteiger partial charge in [0.25, 0.3) is 0 Å². The fraction of sp³-hybridized carbons (Fsp3) is 0.381. The normalized spacial score (nSPS) is 16.7. The minimum absolute atomic E-state index is 0.278. The minimum atomic E-state index is 0.278. The van der Waals surface area contributed by atoms with E-state index in [4.69, 9.17) is 16.3 Å². The van der Waals surface area contributed by atoms with Crippen LogP contribution in [-0.2, 0) is 11.3 Å². The lowest BCUT2D eigenvalue weighted by Crippen LogP contribution is -2.46. The van der Waals surface area contributed by atoms with Crippen LogP contribution in [0.1, 0.15) is 17.2 Å². The maximum Gasteiger partial charge on any atom is 0.191 e. The molecule has 2 N–H and O–H groups in total. The molecule has 3 rings (SSSR count). The zero-order valence-electron chi connectivity index (χ0n) is 15.7. The fourth-order valence-corrected chi connectivity index (χ4v) is 3.48. The van der Waals surface area contributed by atoms with E-state index in [1.807, 2.05) is 24.3 Å². The Morgan fingerprint density at radius 3 is 2.59 bits per heavy atom. The summed E-state index contributed by atoms with van der Waals surface area (Å²) in [6.07, 6.45) is 0. The molecule has 2 aromatic carbocycles. The number of ether oxygens (including phenoxy) is 1. The van der Waals surface area contributed by atoms with E-state index in [9.17, 15) is 0 Å². The van der Waals surface area contributed by atoms with Crippen LogP contribution < -0.4 is 10.6 Å². The zero-order chi connectivity index (χ0) is 18.9. The molecule has 1 heterocycles. The molecule has 0 bridgehead atoms. The summed E-state index contributed by atoms with van der Waals surface area (Å²) < 4.78 is 5.52. The van der Waals surface area contributed by atoms with Crippen molar-refractivity contribution in [3.05, 3.63) is 70.7 Å². The van der Waals surface area contributed by atoms with Gasteiger partial charge in [-0.1, -0.05) is 54.1 Å². The number of guanidine groups is 1. The smallest absolute Gasteiger partial charge is 0.191 e. The third-order valence-electron chi connectivity index (χ3n) is 4.71. The molecule has 1 fully saturated rings. The molecule has 0 amide bonds. The first-order valence-corrected chi connectivity index (χ1v) is 9.70. The van der Waals surface area contributed by atoms with E-state index >= 15 is 0 Å². The highest BCUT2D eigenvalue weighted by Gasteiger charge is 2.22. The number of rotatable bonds is 6. The van der Waals surface area contributed by atoms with Gasteiger partial charge in [0.1, 0.15) is 0 Å². The lowest BCUT2D eigenvalue weighted by atomic mass is 10.0. The second-order valence-electron chi connectivity index (χ2n) is 6.51. The average molecular weight is 387 g/mol. The van der Waals surface area contributed by atoms with E-state index in [0.29, 0.717) is 6.54 Å². The number of benzene rings is 2. The van der Waals surface area contributed by atoms with Crippen LogP contribution in [0.4, 0.5) is 0 Å². The SMILES string of the molecule is CN=C(NCc1cccc(Cl)c1)NCC(c1ccccc1)N1CCOCC1. The van der Waals surface area contributed by atoms with Gasteiger partial charge < -0.3 is 15.4 Å². The topological polar surface area (TPSA) is 48.9 Å². The first-order valence-electron chi connectivity index (χ1n) is 9.32. The van der Waals surface area contributed by atoms with Crippen LogP contribution in [-0.4, -0.2) is 50.8 Å². The maximum absolute atomic E-state index is 6.06. The Morgan fingerprint density at radius 1 is 1.11 bits per heavy atom. The van der Waals surface area contributed by atoms with Crippen molar-refractivity contribution in [2.75, 3.05) is 39.9 Å². The fourth-order valence-electron chi connectivity index (χ4n) is 3.27. The Labute approximate surface area is 166 Å². The summed E-state index contributed by atoms with van der Waals surface area (Å²) >= 11 is 6.06. The molecule has 1 saturated heterocycles. The molecular weight excluding hydrogens is 360 g/mol. The summed E-state index contributed by atoms with van der Waals surface area (Å²) in [6.45, 7) is 4.90. The standard InChI is InChI=1S/C21H27ClN4O/c1-23-21(24-15-17-6-5-9-19(22)14-17)25-16-20(18-7-3-2-4-8-18)26-10-12-27-13-11-26/h2-9,14,20H,10-13,15-16H2,1H3,(H2,23,24,25). The molecule has 1 aliphatic rings. The lowest BCUT2D eigenvalue weighted by molar-refractivity contribution is 0.0170. The van der Waals surface area contributed by atoms with Crippen molar-refractivity contribution in [3.63, 3.8) is 0 Å². The molecule has 1 aliphatic heterocycles. The number of hydrogen-bond acceptors (Lipinski definition) is 3.